The number of sulfonamides is 1. The molecule has 1 fully saturated rings. The Bertz CT molecular complexity index is 536. The first-order valence-corrected chi connectivity index (χ1v) is 10.0. The van der Waals surface area contributed by atoms with E-state index in [9.17, 15) is 8.42 Å². The van der Waals surface area contributed by atoms with Crippen LogP contribution < -0.4 is 5.32 Å². The van der Waals surface area contributed by atoms with Crippen LogP contribution in [0, 0.1) is 5.92 Å². The molecule has 114 valence electrons. The van der Waals surface area contributed by atoms with Gasteiger partial charge >= 0.3 is 0 Å². The Balaban J connectivity index is 2.16. The maximum absolute atomic E-state index is 12.6. The summed E-state index contributed by atoms with van der Waals surface area (Å²) in [5.74, 6) is 0.386. The molecule has 0 spiro atoms. The third-order valence-corrected chi connectivity index (χ3v) is 8.29. The highest BCUT2D eigenvalue weighted by atomic mass is 79.9. The van der Waals surface area contributed by atoms with Crippen LogP contribution in [0.4, 0.5) is 0 Å². The van der Waals surface area contributed by atoms with Gasteiger partial charge in [0, 0.05) is 13.1 Å². The van der Waals surface area contributed by atoms with E-state index < -0.39 is 10.0 Å². The van der Waals surface area contributed by atoms with E-state index in [0.717, 1.165) is 25.9 Å². The summed E-state index contributed by atoms with van der Waals surface area (Å²) in [4.78, 5) is 0. The molecule has 1 aliphatic rings. The minimum Gasteiger partial charge on any atom is -0.316 e. The number of piperidine rings is 1. The number of rotatable bonds is 5. The molecule has 20 heavy (non-hydrogen) atoms. The Labute approximate surface area is 137 Å². The predicted octanol–water partition coefficient (Wildman–Crippen LogP) is 3.17. The Morgan fingerprint density at radius 2 is 2.35 bits per heavy atom. The topological polar surface area (TPSA) is 49.4 Å². The first-order chi connectivity index (χ1) is 9.45. The molecule has 1 N–H and O–H groups in total. The molecule has 0 saturated carbocycles. The Hall–Kier alpha value is 0.340. The molecule has 1 aromatic rings. The van der Waals surface area contributed by atoms with E-state index in [1.807, 2.05) is 6.92 Å². The molecule has 4 nitrogen and oxygen atoms in total. The molecule has 1 aliphatic heterocycles. The van der Waals surface area contributed by atoms with Crippen molar-refractivity contribution in [1.29, 1.82) is 0 Å². The van der Waals surface area contributed by atoms with Gasteiger partial charge in [0.05, 0.1) is 8.81 Å². The number of halogens is 2. The van der Waals surface area contributed by atoms with Crippen LogP contribution >= 0.6 is 38.9 Å². The van der Waals surface area contributed by atoms with Crippen LogP contribution in [-0.2, 0) is 10.0 Å². The number of hydrogen-bond acceptors (Lipinski definition) is 4. The lowest BCUT2D eigenvalue weighted by molar-refractivity contribution is 0.298. The second-order valence-corrected chi connectivity index (χ2v) is 9.80. The lowest BCUT2D eigenvalue weighted by atomic mass is 10.00. The van der Waals surface area contributed by atoms with Crippen molar-refractivity contribution < 1.29 is 8.42 Å². The van der Waals surface area contributed by atoms with E-state index in [-0.39, 0.29) is 0 Å². The number of thiophene rings is 1. The molecule has 0 bridgehead atoms. The van der Waals surface area contributed by atoms with E-state index in [4.69, 9.17) is 11.6 Å². The lowest BCUT2D eigenvalue weighted by Crippen LogP contribution is -2.40. The zero-order chi connectivity index (χ0) is 14.8. The molecule has 1 saturated heterocycles. The summed E-state index contributed by atoms with van der Waals surface area (Å²) < 4.78 is 27.8. The Morgan fingerprint density at radius 3 is 2.85 bits per heavy atom. The molecule has 2 rings (SSSR count). The van der Waals surface area contributed by atoms with Crippen LogP contribution in [0.15, 0.2) is 14.1 Å². The molecule has 0 radical (unpaired) electrons. The highest BCUT2D eigenvalue weighted by Gasteiger charge is 2.28. The molecular weight excluding hydrogens is 384 g/mol. The van der Waals surface area contributed by atoms with E-state index in [1.165, 1.54) is 17.4 Å². The fourth-order valence-electron chi connectivity index (χ4n) is 2.35. The van der Waals surface area contributed by atoms with Crippen LogP contribution in [-0.4, -0.2) is 38.9 Å². The summed E-state index contributed by atoms with van der Waals surface area (Å²) in [6.07, 6.45) is 2.19. The van der Waals surface area contributed by atoms with Crippen molar-refractivity contribution in [3.05, 3.63) is 14.9 Å². The predicted molar refractivity (Wildman–Crippen MR) is 87.1 cm³/mol. The van der Waals surface area contributed by atoms with Gasteiger partial charge in [0.2, 0.25) is 0 Å². The van der Waals surface area contributed by atoms with Gasteiger partial charge in [0.25, 0.3) is 10.0 Å². The van der Waals surface area contributed by atoms with Crippen molar-refractivity contribution >= 4 is 48.9 Å². The largest absolute Gasteiger partial charge is 0.316 e. The first kappa shape index (κ1) is 16.7. The van der Waals surface area contributed by atoms with Crippen molar-refractivity contribution in [3.63, 3.8) is 0 Å². The Kier molecular flexibility index (Phi) is 5.90. The van der Waals surface area contributed by atoms with E-state index in [2.05, 4.69) is 21.2 Å². The molecule has 0 amide bonds. The number of hydrogen-bond donors (Lipinski definition) is 1. The van der Waals surface area contributed by atoms with Gasteiger partial charge in [-0.3, -0.25) is 0 Å². The average molecular weight is 402 g/mol. The van der Waals surface area contributed by atoms with Crippen molar-refractivity contribution in [2.45, 2.75) is 24.0 Å². The van der Waals surface area contributed by atoms with E-state index in [0.29, 0.717) is 32.0 Å². The number of nitrogens with one attached hydrogen (secondary N) is 1. The molecule has 1 aromatic heterocycles. The molecule has 1 atom stereocenters. The van der Waals surface area contributed by atoms with Crippen LogP contribution in [0.1, 0.15) is 19.8 Å². The summed E-state index contributed by atoms with van der Waals surface area (Å²) in [5, 5.41) is 3.77. The van der Waals surface area contributed by atoms with Gasteiger partial charge in [0.15, 0.2) is 0 Å². The fraction of sp³-hybridized carbons (Fsp3) is 0.667. The highest BCUT2D eigenvalue weighted by Crippen LogP contribution is 2.36. The standard InChI is InChI=1S/C12H18BrClN2O2S2/c1-2-16(8-9-4-3-5-15-7-9)20(17,18)11-6-10(14)12(13)19-11/h6,9,15H,2-5,7-8H2,1H3. The highest BCUT2D eigenvalue weighted by molar-refractivity contribution is 9.11. The van der Waals surface area contributed by atoms with Gasteiger partial charge in [-0.15, -0.1) is 11.3 Å². The van der Waals surface area contributed by atoms with E-state index >= 15 is 0 Å². The second-order valence-electron chi connectivity index (χ2n) is 4.86. The van der Waals surface area contributed by atoms with Crippen LogP contribution in [0.25, 0.3) is 0 Å². The summed E-state index contributed by atoms with van der Waals surface area (Å²) in [7, 11) is -3.44. The van der Waals surface area contributed by atoms with Gasteiger partial charge < -0.3 is 5.32 Å². The van der Waals surface area contributed by atoms with Gasteiger partial charge in [0.1, 0.15) is 4.21 Å². The molecular formula is C12H18BrClN2O2S2. The van der Waals surface area contributed by atoms with Crippen molar-refractivity contribution in [1.82, 2.24) is 9.62 Å². The monoisotopic (exact) mass is 400 g/mol. The molecule has 0 aromatic carbocycles. The van der Waals surface area contributed by atoms with Gasteiger partial charge in [-0.1, -0.05) is 18.5 Å². The molecule has 1 unspecified atom stereocenters. The second kappa shape index (κ2) is 7.07. The van der Waals surface area contributed by atoms with Crippen molar-refractivity contribution in [2.24, 2.45) is 5.92 Å². The molecule has 8 heteroatoms. The van der Waals surface area contributed by atoms with Crippen LogP contribution in [0.5, 0.6) is 0 Å². The summed E-state index contributed by atoms with van der Waals surface area (Å²) in [6, 6.07) is 1.52. The van der Waals surface area contributed by atoms with Crippen molar-refractivity contribution in [3.8, 4) is 0 Å². The van der Waals surface area contributed by atoms with Crippen molar-refractivity contribution in [2.75, 3.05) is 26.2 Å². The first-order valence-electron chi connectivity index (χ1n) is 6.61. The SMILES string of the molecule is CCN(CC1CCCNC1)S(=O)(=O)c1cc(Cl)c(Br)s1. The fourth-order valence-corrected chi connectivity index (χ4v) is 6.42. The normalized spacial score (nSPS) is 20.5. The summed E-state index contributed by atoms with van der Waals surface area (Å²) >= 11 is 10.4. The smallest absolute Gasteiger partial charge is 0.252 e. The maximum atomic E-state index is 12.6. The zero-order valence-electron chi connectivity index (χ0n) is 11.2. The molecule has 0 aliphatic carbocycles. The third-order valence-electron chi connectivity index (χ3n) is 3.43. The summed E-state index contributed by atoms with van der Waals surface area (Å²) in [5.41, 5.74) is 0. The van der Waals surface area contributed by atoms with Gasteiger partial charge in [-0.25, -0.2) is 8.42 Å². The maximum Gasteiger partial charge on any atom is 0.252 e. The third kappa shape index (κ3) is 3.75. The molecule has 2 heterocycles. The van der Waals surface area contributed by atoms with E-state index in [1.54, 1.807) is 4.31 Å². The quantitative estimate of drug-likeness (QED) is 0.824. The van der Waals surface area contributed by atoms with Gasteiger partial charge in [-0.05, 0) is 53.8 Å². The van der Waals surface area contributed by atoms with Crippen LogP contribution in [0.2, 0.25) is 5.02 Å². The minimum atomic E-state index is -3.44. The van der Waals surface area contributed by atoms with Crippen LogP contribution in [0.3, 0.4) is 0 Å². The minimum absolute atomic E-state index is 0.306. The lowest BCUT2D eigenvalue weighted by Gasteiger charge is -2.28. The average Bonchev–Trinajstić information content (AvgIpc) is 2.78. The number of nitrogens with zero attached hydrogens (tertiary/aromatic N) is 1. The summed E-state index contributed by atoms with van der Waals surface area (Å²) in [6.45, 7) is 4.84. The zero-order valence-corrected chi connectivity index (χ0v) is 15.2. The van der Waals surface area contributed by atoms with Gasteiger partial charge in [-0.2, -0.15) is 4.31 Å². The Morgan fingerprint density at radius 1 is 1.60 bits per heavy atom.